The lowest BCUT2D eigenvalue weighted by Gasteiger charge is -2.31. The third-order valence-electron chi connectivity index (χ3n) is 12.8. The summed E-state index contributed by atoms with van der Waals surface area (Å²) in [6, 6.07) is 52.9. The van der Waals surface area contributed by atoms with Gasteiger partial charge in [-0.1, -0.05) is 149 Å². The second-order valence-corrected chi connectivity index (χ2v) is 20.7. The van der Waals surface area contributed by atoms with Crippen molar-refractivity contribution in [1.82, 2.24) is 9.55 Å². The Balaban J connectivity index is 1.12. The average Bonchev–Trinajstić information content (AvgIpc) is 3.79. The Morgan fingerprint density at radius 1 is 0.468 bits per heavy atom. The first-order chi connectivity index (χ1) is 29.4. The molecular formula is C57H60N4O. The number of hydrogen-bond acceptors (Lipinski definition) is 4. The van der Waals surface area contributed by atoms with Crippen LogP contribution in [0.3, 0.4) is 0 Å². The highest BCUT2D eigenvalue weighted by atomic mass is 16.5. The van der Waals surface area contributed by atoms with Crippen LogP contribution < -0.4 is 14.5 Å². The highest BCUT2D eigenvalue weighted by Gasteiger charge is 2.32. The summed E-state index contributed by atoms with van der Waals surface area (Å²) in [5, 5.41) is 2.45. The van der Waals surface area contributed by atoms with Gasteiger partial charge in [0, 0.05) is 45.9 Å². The Kier molecular flexibility index (Phi) is 9.89. The van der Waals surface area contributed by atoms with Gasteiger partial charge in [-0.15, -0.1) is 0 Å². The van der Waals surface area contributed by atoms with Crippen molar-refractivity contribution in [2.24, 2.45) is 0 Å². The van der Waals surface area contributed by atoms with Gasteiger partial charge in [-0.2, -0.15) is 0 Å². The zero-order valence-corrected chi connectivity index (χ0v) is 38.3. The molecule has 0 spiro atoms. The highest BCUT2D eigenvalue weighted by Crippen LogP contribution is 2.48. The fraction of sp³-hybridized carbons (Fsp3) is 0.281. The minimum absolute atomic E-state index is 0.0160. The molecule has 0 unspecified atom stereocenters. The predicted octanol–water partition coefficient (Wildman–Crippen LogP) is 15.4. The van der Waals surface area contributed by atoms with Gasteiger partial charge in [-0.25, -0.2) is 4.98 Å². The second-order valence-electron chi connectivity index (χ2n) is 20.7. The van der Waals surface area contributed by atoms with Crippen molar-refractivity contribution in [3.63, 3.8) is 0 Å². The molecule has 62 heavy (non-hydrogen) atoms. The Bertz CT molecular complexity index is 2950. The molecule has 1 aliphatic rings. The van der Waals surface area contributed by atoms with Crippen molar-refractivity contribution >= 4 is 44.6 Å². The van der Waals surface area contributed by atoms with Gasteiger partial charge in [0.1, 0.15) is 24.0 Å². The fourth-order valence-corrected chi connectivity index (χ4v) is 9.06. The molecule has 6 aromatic carbocycles. The maximum absolute atomic E-state index is 6.96. The molecule has 314 valence electrons. The molecule has 9 rings (SSSR count). The largest absolute Gasteiger partial charge is 0.457 e. The Morgan fingerprint density at radius 3 is 1.81 bits per heavy atom. The predicted molar refractivity (Wildman–Crippen MR) is 262 cm³/mol. The third-order valence-corrected chi connectivity index (χ3v) is 12.8. The molecule has 0 atom stereocenters. The Labute approximate surface area is 368 Å². The van der Waals surface area contributed by atoms with Crippen LogP contribution in [-0.2, 0) is 21.7 Å². The minimum Gasteiger partial charge on any atom is -0.457 e. The number of para-hydroxylation sites is 3. The molecular weight excluding hydrogens is 757 g/mol. The fourth-order valence-electron chi connectivity index (χ4n) is 9.06. The number of anilines is 4. The molecule has 0 saturated heterocycles. The van der Waals surface area contributed by atoms with Gasteiger partial charge in [0.2, 0.25) is 0 Å². The zero-order chi connectivity index (χ0) is 43.8. The smallest absolute Gasteiger partial charge is 0.137 e. The van der Waals surface area contributed by atoms with Gasteiger partial charge in [0.15, 0.2) is 0 Å². The van der Waals surface area contributed by atoms with E-state index in [0.717, 1.165) is 34.0 Å². The van der Waals surface area contributed by atoms with Crippen LogP contribution in [0.1, 0.15) is 104 Å². The standard InChI is InChI=1S/C57H60N4O/c1-54(2,3)39-28-29-58-52(33-39)61-48-25-16-15-24-46(48)53-47(56(7,8)9)35-45(36-51(53)61)62-44-23-19-22-42(34-44)59-37-60(50-27-18-17-26-49(50)59)43-31-40(55(4,5)6)30-41(32-43)57(10,11)38-20-13-12-14-21-38/h12-36H,37H2,1-11H3. The van der Waals surface area contributed by atoms with Crippen LogP contribution in [0.15, 0.2) is 152 Å². The first kappa shape index (κ1) is 41.0. The van der Waals surface area contributed by atoms with Crippen molar-refractivity contribution in [2.75, 3.05) is 16.5 Å². The molecule has 0 amide bonds. The molecule has 0 aliphatic carbocycles. The summed E-state index contributed by atoms with van der Waals surface area (Å²) in [5.74, 6) is 2.49. The van der Waals surface area contributed by atoms with E-state index in [4.69, 9.17) is 9.72 Å². The summed E-state index contributed by atoms with van der Waals surface area (Å²) in [4.78, 5) is 9.84. The summed E-state index contributed by atoms with van der Waals surface area (Å²) in [6.45, 7) is 25.9. The molecule has 0 radical (unpaired) electrons. The second kappa shape index (κ2) is 14.9. The van der Waals surface area contributed by atoms with Gasteiger partial charge < -0.3 is 14.5 Å². The van der Waals surface area contributed by atoms with Gasteiger partial charge in [-0.3, -0.25) is 4.57 Å². The van der Waals surface area contributed by atoms with Gasteiger partial charge in [-0.05, 0) is 105 Å². The van der Waals surface area contributed by atoms with E-state index in [1.807, 2.05) is 6.20 Å². The van der Waals surface area contributed by atoms with Gasteiger partial charge in [0.25, 0.3) is 0 Å². The topological polar surface area (TPSA) is 33.5 Å². The maximum Gasteiger partial charge on any atom is 0.137 e. The van der Waals surface area contributed by atoms with Gasteiger partial charge in [0.05, 0.1) is 22.4 Å². The molecule has 0 N–H and O–H groups in total. The van der Waals surface area contributed by atoms with E-state index in [1.54, 1.807) is 0 Å². The number of rotatable bonds is 7. The first-order valence-electron chi connectivity index (χ1n) is 22.1. The minimum atomic E-state index is -0.181. The van der Waals surface area contributed by atoms with E-state index in [9.17, 15) is 0 Å². The van der Waals surface area contributed by atoms with Crippen LogP contribution in [0.2, 0.25) is 0 Å². The normalized spacial score (nSPS) is 13.6. The number of hydrogen-bond donors (Lipinski definition) is 0. The quantitative estimate of drug-likeness (QED) is 0.160. The summed E-state index contributed by atoms with van der Waals surface area (Å²) < 4.78 is 9.28. The molecule has 3 heterocycles. The third kappa shape index (κ3) is 7.42. The van der Waals surface area contributed by atoms with E-state index < -0.39 is 0 Å². The van der Waals surface area contributed by atoms with Crippen LogP contribution >= 0.6 is 0 Å². The maximum atomic E-state index is 6.96. The van der Waals surface area contributed by atoms with Crippen LogP contribution in [0.25, 0.3) is 27.6 Å². The number of pyridine rings is 1. The molecule has 1 aliphatic heterocycles. The van der Waals surface area contributed by atoms with E-state index in [-0.39, 0.29) is 21.7 Å². The van der Waals surface area contributed by atoms with Crippen molar-refractivity contribution in [2.45, 2.75) is 97.8 Å². The summed E-state index contributed by atoms with van der Waals surface area (Å²) in [6.07, 6.45) is 1.94. The molecule has 0 fully saturated rings. The molecule has 5 nitrogen and oxygen atoms in total. The number of nitrogens with zero attached hydrogens (tertiary/aromatic N) is 4. The van der Waals surface area contributed by atoms with Gasteiger partial charge >= 0.3 is 0 Å². The van der Waals surface area contributed by atoms with Crippen molar-refractivity contribution in [1.29, 1.82) is 0 Å². The molecule has 8 aromatic rings. The van der Waals surface area contributed by atoms with Crippen LogP contribution in [-0.4, -0.2) is 16.2 Å². The lowest BCUT2D eigenvalue weighted by Crippen LogP contribution is -2.26. The van der Waals surface area contributed by atoms with E-state index in [0.29, 0.717) is 6.67 Å². The van der Waals surface area contributed by atoms with Crippen molar-refractivity contribution < 1.29 is 4.74 Å². The van der Waals surface area contributed by atoms with Crippen molar-refractivity contribution in [3.05, 3.63) is 180 Å². The number of benzene rings is 6. The monoisotopic (exact) mass is 816 g/mol. The molecule has 0 saturated carbocycles. The lowest BCUT2D eigenvalue weighted by atomic mass is 9.75. The Morgan fingerprint density at radius 2 is 1.11 bits per heavy atom. The Hall–Kier alpha value is -6.33. The number of fused-ring (bicyclic) bond motifs is 4. The summed E-state index contributed by atoms with van der Waals surface area (Å²) in [5.41, 5.74) is 12.9. The van der Waals surface area contributed by atoms with Crippen LogP contribution in [0, 0.1) is 0 Å². The summed E-state index contributed by atoms with van der Waals surface area (Å²) >= 11 is 0. The zero-order valence-electron chi connectivity index (χ0n) is 38.3. The molecule has 5 heteroatoms. The molecule has 0 bridgehead atoms. The van der Waals surface area contributed by atoms with E-state index in [2.05, 4.69) is 236 Å². The SMILES string of the molecule is CC(C)(C)c1cc(N2CN(c3cccc(Oc4cc(C(C)(C)C)c5c6ccccc6n(-c6cc(C(C)(C)C)ccn6)c5c4)c3)c3ccccc32)cc(C(C)(C)c2ccccc2)c1. The van der Waals surface area contributed by atoms with E-state index in [1.165, 1.54) is 55.7 Å². The van der Waals surface area contributed by atoms with Crippen LogP contribution in [0.5, 0.6) is 11.5 Å². The summed E-state index contributed by atoms with van der Waals surface area (Å²) in [7, 11) is 0. The van der Waals surface area contributed by atoms with Crippen molar-refractivity contribution in [3.8, 4) is 17.3 Å². The number of ether oxygens (including phenoxy) is 1. The number of aromatic nitrogens is 2. The highest BCUT2D eigenvalue weighted by molar-refractivity contribution is 6.11. The van der Waals surface area contributed by atoms with E-state index >= 15 is 0 Å². The molecule has 2 aromatic heterocycles. The lowest BCUT2D eigenvalue weighted by molar-refractivity contribution is 0.480. The first-order valence-corrected chi connectivity index (χ1v) is 22.1. The van der Waals surface area contributed by atoms with Crippen LogP contribution in [0.4, 0.5) is 22.7 Å². The average molecular weight is 817 g/mol.